The zero-order chi connectivity index (χ0) is 15.2. The van der Waals surface area contributed by atoms with E-state index in [2.05, 4.69) is 28.1 Å². The highest BCUT2D eigenvalue weighted by Gasteiger charge is 2.23. The molecule has 0 radical (unpaired) electrons. The monoisotopic (exact) mass is 284 g/mol. The summed E-state index contributed by atoms with van der Waals surface area (Å²) in [5.74, 6) is 1.71. The SMILES string of the molecule is C=N.CNc1ccc(-c2cc(OC3CC3)cnc2C)cn1. The van der Waals surface area contributed by atoms with Gasteiger partial charge in [0.1, 0.15) is 11.6 Å². The Morgan fingerprint density at radius 3 is 2.57 bits per heavy atom. The van der Waals surface area contributed by atoms with E-state index in [0.29, 0.717) is 6.10 Å². The minimum Gasteiger partial charge on any atom is -0.489 e. The standard InChI is InChI=1S/C15H17N3O.CH3N/c1-10-14(11-3-6-15(16-2)18-8-11)7-13(9-17-10)19-12-4-5-12;1-2/h3,6-9,12H,4-5H2,1-2H3,(H,16,18);2H,1H2. The first-order chi connectivity index (χ1) is 10.3. The number of hydrogen-bond donors (Lipinski definition) is 2. The molecular weight excluding hydrogens is 264 g/mol. The van der Waals surface area contributed by atoms with E-state index in [4.69, 9.17) is 10.1 Å². The molecule has 1 saturated carbocycles. The van der Waals surface area contributed by atoms with Gasteiger partial charge in [0, 0.05) is 30.1 Å². The number of nitrogens with one attached hydrogen (secondary N) is 2. The molecule has 0 aromatic carbocycles. The van der Waals surface area contributed by atoms with Crippen molar-refractivity contribution >= 4 is 12.5 Å². The van der Waals surface area contributed by atoms with E-state index in [-0.39, 0.29) is 0 Å². The Morgan fingerprint density at radius 1 is 1.24 bits per heavy atom. The summed E-state index contributed by atoms with van der Waals surface area (Å²) in [6.07, 6.45) is 6.36. The van der Waals surface area contributed by atoms with Gasteiger partial charge >= 0.3 is 0 Å². The number of hydrogen-bond acceptors (Lipinski definition) is 5. The van der Waals surface area contributed by atoms with E-state index >= 15 is 0 Å². The van der Waals surface area contributed by atoms with Crippen LogP contribution >= 0.6 is 0 Å². The average molecular weight is 284 g/mol. The summed E-state index contributed by atoms with van der Waals surface area (Å²) in [5, 5.41) is 8.51. The fraction of sp³-hybridized carbons (Fsp3) is 0.312. The summed E-state index contributed by atoms with van der Waals surface area (Å²) in [6, 6.07) is 6.06. The molecule has 21 heavy (non-hydrogen) atoms. The molecule has 2 aromatic heterocycles. The van der Waals surface area contributed by atoms with Gasteiger partial charge in [0.25, 0.3) is 0 Å². The van der Waals surface area contributed by atoms with Gasteiger partial charge < -0.3 is 15.5 Å². The van der Waals surface area contributed by atoms with Gasteiger partial charge in [-0.3, -0.25) is 4.98 Å². The fourth-order valence-corrected chi connectivity index (χ4v) is 1.95. The minimum absolute atomic E-state index is 0.391. The molecule has 5 heteroatoms. The van der Waals surface area contributed by atoms with Crippen LogP contribution in [0.25, 0.3) is 11.1 Å². The largest absolute Gasteiger partial charge is 0.489 e. The molecule has 3 rings (SSSR count). The Balaban J connectivity index is 0.000000774. The van der Waals surface area contributed by atoms with Crippen molar-refractivity contribution in [2.75, 3.05) is 12.4 Å². The number of aromatic nitrogens is 2. The van der Waals surface area contributed by atoms with Gasteiger partial charge in [-0.05, 0) is 44.7 Å². The highest BCUT2D eigenvalue weighted by atomic mass is 16.5. The molecule has 1 aliphatic carbocycles. The lowest BCUT2D eigenvalue weighted by atomic mass is 10.1. The van der Waals surface area contributed by atoms with Crippen molar-refractivity contribution in [3.63, 3.8) is 0 Å². The molecule has 1 aliphatic rings. The Morgan fingerprint density at radius 2 is 2.00 bits per heavy atom. The van der Waals surface area contributed by atoms with E-state index in [1.54, 1.807) is 6.20 Å². The molecule has 1 fully saturated rings. The third-order valence-corrected chi connectivity index (χ3v) is 3.22. The molecule has 2 heterocycles. The van der Waals surface area contributed by atoms with Crippen LogP contribution in [0.3, 0.4) is 0 Å². The summed E-state index contributed by atoms with van der Waals surface area (Å²) in [6.45, 7) is 4.50. The van der Waals surface area contributed by atoms with Crippen molar-refractivity contribution < 1.29 is 4.74 Å². The van der Waals surface area contributed by atoms with Crippen LogP contribution in [0.4, 0.5) is 5.82 Å². The van der Waals surface area contributed by atoms with E-state index in [0.717, 1.165) is 41.2 Å². The van der Waals surface area contributed by atoms with Crippen LogP contribution in [0.2, 0.25) is 0 Å². The Hall–Kier alpha value is -2.43. The first kappa shape index (κ1) is 15.0. The van der Waals surface area contributed by atoms with Crippen molar-refractivity contribution in [2.24, 2.45) is 0 Å². The first-order valence-electron chi connectivity index (χ1n) is 6.89. The predicted octanol–water partition coefficient (Wildman–Crippen LogP) is 3.30. The molecule has 0 amide bonds. The lowest BCUT2D eigenvalue weighted by molar-refractivity contribution is 0.302. The van der Waals surface area contributed by atoms with Gasteiger partial charge in [-0.1, -0.05) is 0 Å². The zero-order valence-electron chi connectivity index (χ0n) is 12.4. The minimum atomic E-state index is 0.391. The molecule has 0 aliphatic heterocycles. The van der Waals surface area contributed by atoms with Gasteiger partial charge in [0.2, 0.25) is 0 Å². The highest BCUT2D eigenvalue weighted by molar-refractivity contribution is 5.67. The molecule has 0 unspecified atom stereocenters. The van der Waals surface area contributed by atoms with Gasteiger partial charge in [-0.25, -0.2) is 4.98 Å². The molecule has 110 valence electrons. The van der Waals surface area contributed by atoms with E-state index < -0.39 is 0 Å². The molecular formula is C16H20N4O. The van der Waals surface area contributed by atoms with Gasteiger partial charge in [0.05, 0.1) is 12.3 Å². The molecule has 0 spiro atoms. The van der Waals surface area contributed by atoms with Crippen molar-refractivity contribution in [3.05, 3.63) is 36.3 Å². The third-order valence-electron chi connectivity index (χ3n) is 3.22. The Kier molecular flexibility index (Phi) is 4.87. The first-order valence-corrected chi connectivity index (χ1v) is 6.89. The summed E-state index contributed by atoms with van der Waals surface area (Å²) < 4.78 is 5.79. The van der Waals surface area contributed by atoms with Crippen molar-refractivity contribution in [2.45, 2.75) is 25.9 Å². The van der Waals surface area contributed by atoms with E-state index in [9.17, 15) is 0 Å². The quantitative estimate of drug-likeness (QED) is 0.845. The van der Waals surface area contributed by atoms with Crippen molar-refractivity contribution in [3.8, 4) is 16.9 Å². The normalized spacial score (nSPS) is 13.0. The van der Waals surface area contributed by atoms with Crippen LogP contribution in [-0.4, -0.2) is 29.8 Å². The number of anilines is 1. The van der Waals surface area contributed by atoms with Crippen LogP contribution in [0.1, 0.15) is 18.5 Å². The van der Waals surface area contributed by atoms with Gasteiger partial charge in [-0.2, -0.15) is 0 Å². The fourth-order valence-electron chi connectivity index (χ4n) is 1.95. The summed E-state index contributed by atoms with van der Waals surface area (Å²) in [5.41, 5.74) is 3.13. The third kappa shape index (κ3) is 3.78. The summed E-state index contributed by atoms with van der Waals surface area (Å²) in [7, 11) is 1.86. The van der Waals surface area contributed by atoms with Crippen molar-refractivity contribution in [1.29, 1.82) is 5.41 Å². The van der Waals surface area contributed by atoms with Crippen LogP contribution in [0.5, 0.6) is 5.75 Å². The van der Waals surface area contributed by atoms with Crippen molar-refractivity contribution in [1.82, 2.24) is 9.97 Å². The molecule has 5 nitrogen and oxygen atoms in total. The summed E-state index contributed by atoms with van der Waals surface area (Å²) in [4.78, 5) is 8.75. The lowest BCUT2D eigenvalue weighted by Gasteiger charge is -2.09. The van der Waals surface area contributed by atoms with Gasteiger partial charge in [0.15, 0.2) is 0 Å². The Labute approximate surface area is 124 Å². The maximum absolute atomic E-state index is 5.79. The number of aryl methyl sites for hydroxylation is 1. The van der Waals surface area contributed by atoms with E-state index in [1.807, 2.05) is 32.3 Å². The molecule has 2 aromatic rings. The van der Waals surface area contributed by atoms with Gasteiger partial charge in [-0.15, -0.1) is 0 Å². The second kappa shape index (κ2) is 6.83. The second-order valence-electron chi connectivity index (χ2n) is 4.80. The Bertz CT molecular complexity index is 594. The van der Waals surface area contributed by atoms with E-state index in [1.165, 1.54) is 0 Å². The van der Waals surface area contributed by atoms with Crippen LogP contribution in [0.15, 0.2) is 30.6 Å². The number of ether oxygens (including phenoxy) is 1. The molecule has 0 atom stereocenters. The number of nitrogens with zero attached hydrogens (tertiary/aromatic N) is 2. The van der Waals surface area contributed by atoms with Crippen LogP contribution in [0, 0.1) is 12.3 Å². The average Bonchev–Trinajstić information content (AvgIpc) is 3.35. The zero-order valence-corrected chi connectivity index (χ0v) is 12.4. The maximum Gasteiger partial charge on any atom is 0.138 e. The number of pyridine rings is 2. The predicted molar refractivity (Wildman–Crippen MR) is 85.2 cm³/mol. The second-order valence-corrected chi connectivity index (χ2v) is 4.80. The maximum atomic E-state index is 5.79. The number of rotatable bonds is 4. The van der Waals surface area contributed by atoms with Crippen LogP contribution < -0.4 is 10.1 Å². The summed E-state index contributed by atoms with van der Waals surface area (Å²) >= 11 is 0. The lowest BCUT2D eigenvalue weighted by Crippen LogP contribution is -1.98. The molecule has 0 bridgehead atoms. The topological polar surface area (TPSA) is 70.9 Å². The van der Waals surface area contributed by atoms with Crippen LogP contribution in [-0.2, 0) is 0 Å². The molecule has 2 N–H and O–H groups in total. The smallest absolute Gasteiger partial charge is 0.138 e. The highest BCUT2D eigenvalue weighted by Crippen LogP contribution is 2.30. The molecule has 0 saturated heterocycles.